The Bertz CT molecular complexity index is 762. The van der Waals surface area contributed by atoms with Crippen LogP contribution in [0.4, 0.5) is 10.6 Å². The van der Waals surface area contributed by atoms with Gasteiger partial charge in [-0.25, -0.2) is 9.78 Å². The largest absolute Gasteiger partial charge is 0.496 e. The lowest BCUT2D eigenvalue weighted by atomic mass is 9.80. The summed E-state index contributed by atoms with van der Waals surface area (Å²) in [7, 11) is -0.393. The number of carbonyl (C=O) groups excluding carboxylic acids is 1. The maximum Gasteiger partial charge on any atom is 0.496 e. The van der Waals surface area contributed by atoms with Crippen LogP contribution in [-0.2, 0) is 14.0 Å². The van der Waals surface area contributed by atoms with Crippen molar-refractivity contribution in [1.29, 1.82) is 0 Å². The summed E-state index contributed by atoms with van der Waals surface area (Å²) in [5.74, 6) is 1.88. The Kier molecular flexibility index (Phi) is 4.66. The van der Waals surface area contributed by atoms with E-state index in [0.717, 1.165) is 24.4 Å². The van der Waals surface area contributed by atoms with Crippen molar-refractivity contribution in [3.05, 3.63) is 18.3 Å². The highest BCUT2D eigenvalue weighted by Crippen LogP contribution is 2.46. The predicted octanol–water partition coefficient (Wildman–Crippen LogP) is 2.34. The number of piperidine rings is 1. The minimum Gasteiger partial charge on any atom is -0.444 e. The van der Waals surface area contributed by atoms with E-state index in [9.17, 15) is 4.79 Å². The first-order valence-electron chi connectivity index (χ1n) is 10.4. The lowest BCUT2D eigenvalue weighted by molar-refractivity contribution is 0.00578. The second-order valence-corrected chi connectivity index (χ2v) is 10.4. The molecule has 7 nitrogen and oxygen atoms in total. The third kappa shape index (κ3) is 3.97. The molecule has 1 aliphatic carbocycles. The zero-order valence-electron chi connectivity index (χ0n) is 18.5. The number of aromatic nitrogens is 1. The van der Waals surface area contributed by atoms with Gasteiger partial charge in [0.15, 0.2) is 0 Å². The van der Waals surface area contributed by atoms with E-state index in [1.807, 2.05) is 66.8 Å². The molecular weight excluding hydrogens is 369 g/mol. The Balaban J connectivity index is 1.31. The number of fused-ring (bicyclic) bond motifs is 1. The number of nitrogens with zero attached hydrogens (tertiary/aromatic N) is 2. The Morgan fingerprint density at radius 1 is 1.17 bits per heavy atom. The molecule has 1 N–H and O–H groups in total. The highest BCUT2D eigenvalue weighted by Gasteiger charge is 2.57. The summed E-state index contributed by atoms with van der Waals surface area (Å²) in [6.45, 7) is 15.6. The second-order valence-electron chi connectivity index (χ2n) is 10.4. The highest BCUT2D eigenvalue weighted by molar-refractivity contribution is 6.62. The highest BCUT2D eigenvalue weighted by atomic mass is 16.7. The van der Waals surface area contributed by atoms with Crippen molar-refractivity contribution in [3.63, 3.8) is 0 Å². The molecule has 1 unspecified atom stereocenters. The number of carbonyl (C=O) groups is 1. The Morgan fingerprint density at radius 2 is 1.76 bits per heavy atom. The van der Waals surface area contributed by atoms with Gasteiger partial charge < -0.3 is 24.3 Å². The molecule has 3 heterocycles. The fraction of sp³-hybridized carbons (Fsp3) is 0.714. The van der Waals surface area contributed by atoms with Crippen LogP contribution >= 0.6 is 0 Å². The van der Waals surface area contributed by atoms with Gasteiger partial charge in [0.25, 0.3) is 0 Å². The van der Waals surface area contributed by atoms with Gasteiger partial charge in [-0.15, -0.1) is 0 Å². The number of alkyl carbamates (subject to hydrolysis) is 1. The Morgan fingerprint density at radius 3 is 2.24 bits per heavy atom. The second kappa shape index (κ2) is 6.60. The third-order valence-electron chi connectivity index (χ3n) is 6.50. The van der Waals surface area contributed by atoms with Gasteiger partial charge in [0.05, 0.1) is 11.2 Å². The average molecular weight is 401 g/mol. The van der Waals surface area contributed by atoms with Crippen LogP contribution in [0.1, 0.15) is 48.5 Å². The number of pyridine rings is 1. The van der Waals surface area contributed by atoms with Crippen LogP contribution in [0.25, 0.3) is 0 Å². The summed E-state index contributed by atoms with van der Waals surface area (Å²) < 4.78 is 17.6. The van der Waals surface area contributed by atoms with Crippen molar-refractivity contribution < 1.29 is 18.8 Å². The van der Waals surface area contributed by atoms with E-state index in [-0.39, 0.29) is 23.3 Å². The van der Waals surface area contributed by atoms with E-state index in [0.29, 0.717) is 11.8 Å². The van der Waals surface area contributed by atoms with Crippen molar-refractivity contribution in [2.24, 2.45) is 11.8 Å². The molecule has 0 aromatic carbocycles. The van der Waals surface area contributed by atoms with Gasteiger partial charge in [-0.2, -0.15) is 0 Å². The summed E-state index contributed by atoms with van der Waals surface area (Å²) in [6, 6.07) is 4.27. The first-order valence-corrected chi connectivity index (χ1v) is 10.4. The van der Waals surface area contributed by atoms with E-state index < -0.39 is 12.7 Å². The van der Waals surface area contributed by atoms with Crippen molar-refractivity contribution in [1.82, 2.24) is 10.3 Å². The van der Waals surface area contributed by atoms with Crippen LogP contribution in [0.5, 0.6) is 0 Å². The lowest BCUT2D eigenvalue weighted by Gasteiger charge is -2.32. The van der Waals surface area contributed by atoms with Crippen molar-refractivity contribution in [3.8, 4) is 0 Å². The summed E-state index contributed by atoms with van der Waals surface area (Å²) in [4.78, 5) is 18.9. The maximum atomic E-state index is 12.0. The number of nitrogens with one attached hydrogen (secondary N) is 1. The molecule has 2 saturated heterocycles. The van der Waals surface area contributed by atoms with E-state index in [1.165, 1.54) is 0 Å². The van der Waals surface area contributed by atoms with E-state index in [2.05, 4.69) is 15.2 Å². The van der Waals surface area contributed by atoms with Gasteiger partial charge in [-0.05, 0) is 54.5 Å². The molecule has 3 aliphatic rings. The molecule has 158 valence electrons. The van der Waals surface area contributed by atoms with Crippen LogP contribution in [0.15, 0.2) is 18.3 Å². The average Bonchev–Trinajstić information content (AvgIpc) is 2.94. The number of amides is 1. The van der Waals surface area contributed by atoms with Crippen LogP contribution in [0.2, 0.25) is 0 Å². The van der Waals surface area contributed by atoms with Crippen molar-refractivity contribution >= 4 is 24.5 Å². The monoisotopic (exact) mass is 401 g/mol. The van der Waals surface area contributed by atoms with E-state index >= 15 is 0 Å². The number of hydrogen-bond acceptors (Lipinski definition) is 6. The molecule has 2 aliphatic heterocycles. The third-order valence-corrected chi connectivity index (χ3v) is 6.50. The molecule has 1 aromatic heterocycles. The van der Waals surface area contributed by atoms with Gasteiger partial charge in [0.1, 0.15) is 11.4 Å². The van der Waals surface area contributed by atoms with Gasteiger partial charge >= 0.3 is 13.2 Å². The van der Waals surface area contributed by atoms with Crippen LogP contribution in [0.3, 0.4) is 0 Å². The first kappa shape index (κ1) is 20.5. The molecule has 0 radical (unpaired) electrons. The molecule has 1 aromatic rings. The smallest absolute Gasteiger partial charge is 0.444 e. The molecule has 4 rings (SSSR count). The molecule has 1 amide bonds. The maximum absolute atomic E-state index is 12.0. The zero-order chi connectivity index (χ0) is 21.2. The molecular formula is C21H32BN3O4. The van der Waals surface area contributed by atoms with Crippen LogP contribution in [0, 0.1) is 11.8 Å². The molecule has 0 bridgehead atoms. The fourth-order valence-corrected chi connectivity index (χ4v) is 4.07. The number of anilines is 1. The quantitative estimate of drug-likeness (QED) is 0.784. The Hall–Kier alpha value is -1.80. The van der Waals surface area contributed by atoms with Gasteiger partial charge in [0, 0.05) is 42.6 Å². The Labute approximate surface area is 173 Å². The van der Waals surface area contributed by atoms with Gasteiger partial charge in [-0.1, -0.05) is 6.07 Å². The minimum absolute atomic E-state index is 0.213. The number of hydrogen-bond donors (Lipinski definition) is 1. The van der Waals surface area contributed by atoms with Gasteiger partial charge in [-0.3, -0.25) is 0 Å². The summed E-state index contributed by atoms with van der Waals surface area (Å²) >= 11 is 0. The van der Waals surface area contributed by atoms with Crippen molar-refractivity contribution in [2.45, 2.75) is 71.3 Å². The molecule has 8 heteroatoms. The van der Waals surface area contributed by atoms with E-state index in [1.54, 1.807) is 0 Å². The van der Waals surface area contributed by atoms with Crippen molar-refractivity contribution in [2.75, 3.05) is 18.0 Å². The number of ether oxygens (including phenoxy) is 1. The zero-order valence-corrected chi connectivity index (χ0v) is 18.5. The summed E-state index contributed by atoms with van der Waals surface area (Å²) in [5.41, 5.74) is -0.254. The fourth-order valence-electron chi connectivity index (χ4n) is 4.07. The van der Waals surface area contributed by atoms with Gasteiger partial charge in [0.2, 0.25) is 0 Å². The topological polar surface area (TPSA) is 72.9 Å². The summed E-state index contributed by atoms with van der Waals surface area (Å²) in [5, 5.41) is 3.00. The molecule has 3 atom stereocenters. The minimum atomic E-state index is -0.469. The molecule has 29 heavy (non-hydrogen) atoms. The summed E-state index contributed by atoms with van der Waals surface area (Å²) in [6.07, 6.45) is 1.52. The molecule has 3 fully saturated rings. The standard InChI is InChI=1S/C21H32BN3O4/c1-19(2,3)27-18(26)24-17-14-11-25(12-15(14)17)16-9-8-13(10-23-16)22-28-20(4,5)21(6,7)29-22/h8-10,14-15,17H,11-12H2,1-7H3,(H,24,26)/t14-,15?,17+/m1/s1. The molecule has 1 saturated carbocycles. The van der Waals surface area contributed by atoms with Crippen LogP contribution < -0.4 is 15.7 Å². The first-order chi connectivity index (χ1) is 13.4. The SMILES string of the molecule is CC(C)(C)OC(=O)N[C@@H]1C2CN(c3ccc(B4OC(C)(C)C(C)(C)O4)cn3)C[C@H]21. The van der Waals surface area contributed by atoms with E-state index in [4.69, 9.17) is 14.0 Å². The predicted molar refractivity (Wildman–Crippen MR) is 112 cm³/mol. The number of rotatable bonds is 3. The molecule has 0 spiro atoms. The van der Waals surface area contributed by atoms with Crippen LogP contribution in [-0.4, -0.2) is 54.1 Å². The lowest BCUT2D eigenvalue weighted by Crippen LogP contribution is -2.41. The normalized spacial score (nSPS) is 29.6.